The third-order valence-electron chi connectivity index (χ3n) is 5.34. The van der Waals surface area contributed by atoms with Crippen LogP contribution in [0, 0.1) is 13.8 Å². The van der Waals surface area contributed by atoms with Crippen molar-refractivity contribution >= 4 is 22.7 Å². The number of hydrazone groups is 1. The van der Waals surface area contributed by atoms with Gasteiger partial charge in [0, 0.05) is 16.8 Å². The molecule has 2 aromatic heterocycles. The van der Waals surface area contributed by atoms with Gasteiger partial charge in [0.25, 0.3) is 0 Å². The first kappa shape index (κ1) is 23.0. The number of para-hydroxylation sites is 1. The molecule has 176 valence electrons. The summed E-state index contributed by atoms with van der Waals surface area (Å²) in [7, 11) is 0. The number of carbonyl (C=O) groups excluding carboxylic acids is 1. The number of ketones is 1. The Balaban J connectivity index is 1.71. The lowest BCUT2D eigenvalue weighted by Crippen LogP contribution is -2.45. The number of aryl methyl sites for hydroxylation is 1. The van der Waals surface area contributed by atoms with E-state index >= 15 is 0 Å². The molecule has 5 N–H and O–H groups in total. The van der Waals surface area contributed by atoms with Crippen LogP contribution in [-0.4, -0.2) is 49.3 Å². The Hall–Kier alpha value is -4.19. The average Bonchev–Trinajstić information content (AvgIpc) is 3.33. The van der Waals surface area contributed by atoms with Gasteiger partial charge >= 0.3 is 6.18 Å². The molecule has 34 heavy (non-hydrogen) atoms. The SMILES string of the molecule is Cc1[nH]c(/C(=N/N)N(N)CC(F)(F)F)c(C)c1C(=O)c1cccc(-n2nnc3ccccc32)c1. The van der Waals surface area contributed by atoms with Crippen molar-refractivity contribution in [1.29, 1.82) is 0 Å². The highest BCUT2D eigenvalue weighted by Gasteiger charge is 2.33. The Bertz CT molecular complexity index is 1400. The van der Waals surface area contributed by atoms with Crippen LogP contribution in [0.4, 0.5) is 13.2 Å². The summed E-state index contributed by atoms with van der Waals surface area (Å²) in [6.45, 7) is 1.77. The number of hydrogen-bond acceptors (Lipinski definition) is 6. The summed E-state index contributed by atoms with van der Waals surface area (Å²) in [5.74, 6) is 10.2. The van der Waals surface area contributed by atoms with Gasteiger partial charge in [0.1, 0.15) is 12.1 Å². The molecule has 4 rings (SSSR count). The number of amidine groups is 1. The molecule has 0 saturated heterocycles. The van der Waals surface area contributed by atoms with Gasteiger partial charge in [0.05, 0.1) is 16.9 Å². The second kappa shape index (κ2) is 8.63. The molecular weight excluding hydrogens is 449 g/mol. The predicted octanol–water partition coefficient (Wildman–Crippen LogP) is 2.95. The number of H-pyrrole nitrogens is 1. The molecule has 2 heterocycles. The highest BCUT2D eigenvalue weighted by Crippen LogP contribution is 2.25. The number of alkyl halides is 3. The maximum atomic E-state index is 13.4. The zero-order valence-corrected chi connectivity index (χ0v) is 18.3. The van der Waals surface area contributed by atoms with Crippen molar-refractivity contribution in [2.24, 2.45) is 16.8 Å². The fraction of sp³-hybridized carbons (Fsp3) is 0.182. The Morgan fingerprint density at radius 2 is 1.91 bits per heavy atom. The molecule has 0 radical (unpaired) electrons. The molecule has 0 aliphatic rings. The molecule has 0 fully saturated rings. The van der Waals surface area contributed by atoms with E-state index in [1.165, 1.54) is 0 Å². The van der Waals surface area contributed by atoms with Gasteiger partial charge in [-0.15, -0.1) is 5.10 Å². The van der Waals surface area contributed by atoms with E-state index in [4.69, 9.17) is 11.7 Å². The second-order valence-corrected chi connectivity index (χ2v) is 7.69. The summed E-state index contributed by atoms with van der Waals surface area (Å²) in [4.78, 5) is 16.3. The van der Waals surface area contributed by atoms with Gasteiger partial charge in [0.15, 0.2) is 11.6 Å². The number of nitrogens with two attached hydrogens (primary N) is 2. The van der Waals surface area contributed by atoms with Gasteiger partial charge in [0.2, 0.25) is 0 Å². The first-order valence-corrected chi connectivity index (χ1v) is 10.1. The van der Waals surface area contributed by atoms with E-state index in [0.29, 0.717) is 33.0 Å². The first-order chi connectivity index (χ1) is 16.1. The van der Waals surface area contributed by atoms with E-state index in [1.54, 1.807) is 42.8 Å². The van der Waals surface area contributed by atoms with Crippen molar-refractivity contribution in [3.8, 4) is 5.69 Å². The number of fused-ring (bicyclic) bond motifs is 1. The minimum Gasteiger partial charge on any atom is -0.355 e. The Kier molecular flexibility index (Phi) is 5.83. The maximum Gasteiger partial charge on any atom is 0.407 e. The van der Waals surface area contributed by atoms with Crippen molar-refractivity contribution in [2.45, 2.75) is 20.0 Å². The van der Waals surface area contributed by atoms with Gasteiger partial charge in [-0.25, -0.2) is 10.5 Å². The normalized spacial score (nSPS) is 12.4. The second-order valence-electron chi connectivity index (χ2n) is 7.69. The lowest BCUT2D eigenvalue weighted by Gasteiger charge is -2.21. The predicted molar refractivity (Wildman–Crippen MR) is 120 cm³/mol. The van der Waals surface area contributed by atoms with E-state index in [0.717, 1.165) is 5.52 Å². The third kappa shape index (κ3) is 4.22. The van der Waals surface area contributed by atoms with Gasteiger partial charge < -0.3 is 10.8 Å². The fourth-order valence-corrected chi connectivity index (χ4v) is 3.85. The van der Waals surface area contributed by atoms with E-state index < -0.39 is 12.7 Å². The molecule has 9 nitrogen and oxygen atoms in total. The lowest BCUT2D eigenvalue weighted by molar-refractivity contribution is -0.138. The Labute approximate surface area is 191 Å². The monoisotopic (exact) mass is 470 g/mol. The number of halogens is 3. The smallest absolute Gasteiger partial charge is 0.355 e. The third-order valence-corrected chi connectivity index (χ3v) is 5.34. The number of hydrogen-bond donors (Lipinski definition) is 3. The standard InChI is InChI=1S/C22H21F3N8O/c1-12-18(13(2)28-19(12)21(29-26)32(27)11-22(23,24)25)20(34)14-6-5-7-15(10-14)33-17-9-4-3-8-16(17)30-31-33/h3-10,28H,11,26-27H2,1-2H3/b29-21-. The molecule has 0 aliphatic carbocycles. The number of nitrogens with zero attached hydrogens (tertiary/aromatic N) is 5. The van der Waals surface area contributed by atoms with Crippen LogP contribution in [0.2, 0.25) is 0 Å². The summed E-state index contributed by atoms with van der Waals surface area (Å²) in [5.41, 5.74) is 3.72. The van der Waals surface area contributed by atoms with Crippen LogP contribution < -0.4 is 11.7 Å². The zero-order valence-electron chi connectivity index (χ0n) is 18.3. The van der Waals surface area contributed by atoms with Crippen molar-refractivity contribution in [3.63, 3.8) is 0 Å². The van der Waals surface area contributed by atoms with Gasteiger partial charge in [-0.1, -0.05) is 29.5 Å². The van der Waals surface area contributed by atoms with Crippen LogP contribution in [0.1, 0.15) is 32.9 Å². The van der Waals surface area contributed by atoms with Crippen LogP contribution in [-0.2, 0) is 0 Å². The molecule has 0 unspecified atom stereocenters. The number of aromatic amines is 1. The number of rotatable bonds is 5. The summed E-state index contributed by atoms with van der Waals surface area (Å²) in [6, 6.07) is 14.2. The van der Waals surface area contributed by atoms with Crippen LogP contribution in [0.15, 0.2) is 53.6 Å². The Morgan fingerprint density at radius 1 is 1.18 bits per heavy atom. The molecule has 0 saturated carbocycles. The van der Waals surface area contributed by atoms with E-state index in [-0.39, 0.29) is 22.9 Å². The molecule has 0 amide bonds. The van der Waals surface area contributed by atoms with Gasteiger partial charge in [-0.3, -0.25) is 9.80 Å². The lowest BCUT2D eigenvalue weighted by atomic mass is 9.99. The summed E-state index contributed by atoms with van der Waals surface area (Å²) in [5, 5.41) is 12.1. The molecule has 2 aromatic carbocycles. The van der Waals surface area contributed by atoms with Crippen molar-refractivity contribution < 1.29 is 18.0 Å². The van der Waals surface area contributed by atoms with Crippen molar-refractivity contribution in [3.05, 3.63) is 76.6 Å². The van der Waals surface area contributed by atoms with E-state index in [9.17, 15) is 18.0 Å². The van der Waals surface area contributed by atoms with Crippen LogP contribution in [0.3, 0.4) is 0 Å². The maximum absolute atomic E-state index is 13.4. The number of carbonyl (C=O) groups is 1. The summed E-state index contributed by atoms with van der Waals surface area (Å²) >= 11 is 0. The fourth-order valence-electron chi connectivity index (χ4n) is 3.85. The molecular formula is C22H21F3N8O. The van der Waals surface area contributed by atoms with Gasteiger partial charge in [-0.2, -0.15) is 18.3 Å². The minimum absolute atomic E-state index is 0.133. The quantitative estimate of drug-likeness (QED) is 0.135. The van der Waals surface area contributed by atoms with Crippen LogP contribution >= 0.6 is 0 Å². The van der Waals surface area contributed by atoms with Crippen LogP contribution in [0.5, 0.6) is 0 Å². The van der Waals surface area contributed by atoms with E-state index in [1.807, 2.05) is 24.3 Å². The molecule has 4 aromatic rings. The summed E-state index contributed by atoms with van der Waals surface area (Å²) in [6.07, 6.45) is -4.56. The number of benzene rings is 2. The number of aromatic nitrogens is 4. The molecule has 0 atom stereocenters. The van der Waals surface area contributed by atoms with E-state index in [2.05, 4.69) is 20.4 Å². The Morgan fingerprint density at radius 3 is 2.62 bits per heavy atom. The highest BCUT2D eigenvalue weighted by atomic mass is 19.4. The van der Waals surface area contributed by atoms with Gasteiger partial charge in [-0.05, 0) is 43.7 Å². The van der Waals surface area contributed by atoms with Crippen molar-refractivity contribution in [1.82, 2.24) is 25.0 Å². The molecule has 12 heteroatoms. The zero-order chi connectivity index (χ0) is 24.6. The number of nitrogens with one attached hydrogen (secondary N) is 1. The largest absolute Gasteiger partial charge is 0.407 e. The topological polar surface area (TPSA) is 131 Å². The minimum atomic E-state index is -4.56. The van der Waals surface area contributed by atoms with Crippen LogP contribution in [0.25, 0.3) is 16.7 Å². The molecule has 0 spiro atoms. The van der Waals surface area contributed by atoms with Crippen molar-refractivity contribution in [2.75, 3.05) is 6.54 Å². The molecule has 0 bridgehead atoms. The highest BCUT2D eigenvalue weighted by molar-refractivity contribution is 6.13. The molecule has 0 aliphatic heterocycles. The number of hydrazine groups is 1. The average molecular weight is 470 g/mol. The first-order valence-electron chi connectivity index (χ1n) is 10.1. The summed E-state index contributed by atoms with van der Waals surface area (Å²) < 4.78 is 40.1.